The first kappa shape index (κ1) is 11.1. The normalized spacial score (nSPS) is 13.3. The fraction of sp³-hybridized carbons (Fsp3) is 0.455. The molecule has 0 spiro atoms. The Balaban J connectivity index is 2.96. The lowest BCUT2D eigenvalue weighted by Gasteiger charge is -2.10. The van der Waals surface area contributed by atoms with Gasteiger partial charge in [0, 0.05) is 5.56 Å². The highest BCUT2D eigenvalue weighted by molar-refractivity contribution is 5.32. The third kappa shape index (κ3) is 2.77. The molecular formula is C11H14F2O. The van der Waals surface area contributed by atoms with E-state index in [9.17, 15) is 13.9 Å². The third-order valence-corrected chi connectivity index (χ3v) is 2.14. The van der Waals surface area contributed by atoms with Crippen LogP contribution in [0.15, 0.2) is 18.2 Å². The quantitative estimate of drug-likeness (QED) is 0.795. The Morgan fingerprint density at radius 1 is 1.36 bits per heavy atom. The van der Waals surface area contributed by atoms with Crippen LogP contribution in [-0.4, -0.2) is 11.2 Å². The van der Waals surface area contributed by atoms with Crippen LogP contribution in [0.1, 0.15) is 30.0 Å². The Hall–Kier alpha value is -0.960. The van der Waals surface area contributed by atoms with Crippen LogP contribution < -0.4 is 0 Å². The van der Waals surface area contributed by atoms with Gasteiger partial charge in [0.05, 0.1) is 6.10 Å². The van der Waals surface area contributed by atoms with Gasteiger partial charge < -0.3 is 5.11 Å². The lowest BCUT2D eigenvalue weighted by molar-refractivity contribution is 0.151. The van der Waals surface area contributed by atoms with Crippen molar-refractivity contribution in [2.24, 2.45) is 0 Å². The minimum absolute atomic E-state index is 0.0197. The van der Waals surface area contributed by atoms with Gasteiger partial charge in [0.2, 0.25) is 0 Å². The van der Waals surface area contributed by atoms with Crippen LogP contribution in [0.3, 0.4) is 0 Å². The molecule has 1 N–H and O–H groups in total. The fourth-order valence-electron chi connectivity index (χ4n) is 1.37. The van der Waals surface area contributed by atoms with Gasteiger partial charge in [0.15, 0.2) is 0 Å². The molecule has 0 aliphatic heterocycles. The molecule has 78 valence electrons. The number of hydrogen-bond acceptors (Lipinski definition) is 1. The van der Waals surface area contributed by atoms with Crippen LogP contribution in [0.5, 0.6) is 0 Å². The van der Waals surface area contributed by atoms with Crippen LogP contribution in [0.4, 0.5) is 8.78 Å². The third-order valence-electron chi connectivity index (χ3n) is 2.14. The summed E-state index contributed by atoms with van der Waals surface area (Å²) in [6.45, 7) is 3.50. The van der Waals surface area contributed by atoms with Crippen molar-refractivity contribution in [3.05, 3.63) is 34.9 Å². The molecule has 1 atom stereocenters. The van der Waals surface area contributed by atoms with E-state index in [1.165, 1.54) is 12.1 Å². The fourth-order valence-corrected chi connectivity index (χ4v) is 1.37. The number of rotatable bonds is 3. The molecular weight excluding hydrogens is 186 g/mol. The lowest BCUT2D eigenvalue weighted by atomic mass is 10.0. The number of halogens is 2. The highest BCUT2D eigenvalue weighted by Crippen LogP contribution is 2.22. The zero-order valence-electron chi connectivity index (χ0n) is 8.30. The van der Waals surface area contributed by atoms with Gasteiger partial charge in [0.25, 0.3) is 6.43 Å². The minimum Gasteiger partial charge on any atom is -0.393 e. The van der Waals surface area contributed by atoms with Crippen LogP contribution in [0.25, 0.3) is 0 Å². The molecule has 1 aromatic rings. The molecule has 0 amide bonds. The monoisotopic (exact) mass is 200 g/mol. The molecule has 1 nitrogen and oxygen atoms in total. The lowest BCUT2D eigenvalue weighted by Crippen LogP contribution is -2.06. The van der Waals surface area contributed by atoms with Crippen molar-refractivity contribution in [1.29, 1.82) is 0 Å². The summed E-state index contributed by atoms with van der Waals surface area (Å²) in [5.41, 5.74) is 1.75. The first-order chi connectivity index (χ1) is 6.50. The molecule has 0 bridgehead atoms. The molecule has 0 aliphatic carbocycles. The summed E-state index contributed by atoms with van der Waals surface area (Å²) in [7, 11) is 0. The van der Waals surface area contributed by atoms with E-state index in [0.717, 1.165) is 11.1 Å². The predicted molar refractivity (Wildman–Crippen MR) is 51.5 cm³/mol. The first-order valence-corrected chi connectivity index (χ1v) is 4.56. The second-order valence-corrected chi connectivity index (χ2v) is 3.54. The Morgan fingerprint density at radius 2 is 2.00 bits per heavy atom. The molecule has 0 saturated carbocycles. The summed E-state index contributed by atoms with van der Waals surface area (Å²) in [5.74, 6) is 0. The highest BCUT2D eigenvalue weighted by atomic mass is 19.3. The van der Waals surface area contributed by atoms with E-state index >= 15 is 0 Å². The maximum absolute atomic E-state index is 12.4. The maximum atomic E-state index is 12.4. The second-order valence-electron chi connectivity index (χ2n) is 3.54. The molecule has 3 heteroatoms. The van der Waals surface area contributed by atoms with Gasteiger partial charge in [-0.15, -0.1) is 0 Å². The van der Waals surface area contributed by atoms with E-state index in [1.807, 2.05) is 6.92 Å². The van der Waals surface area contributed by atoms with Gasteiger partial charge in [-0.1, -0.05) is 12.1 Å². The number of benzene rings is 1. The molecule has 1 aromatic carbocycles. The molecule has 1 rings (SSSR count). The zero-order chi connectivity index (χ0) is 10.7. The van der Waals surface area contributed by atoms with Crippen LogP contribution >= 0.6 is 0 Å². The highest BCUT2D eigenvalue weighted by Gasteiger charge is 2.10. The van der Waals surface area contributed by atoms with Gasteiger partial charge in [-0.3, -0.25) is 0 Å². The summed E-state index contributed by atoms with van der Waals surface area (Å²) < 4.78 is 24.7. The van der Waals surface area contributed by atoms with Gasteiger partial charge in [-0.05, 0) is 37.5 Å². The van der Waals surface area contributed by atoms with Gasteiger partial charge in [-0.2, -0.15) is 0 Å². The molecule has 14 heavy (non-hydrogen) atoms. The number of hydrogen-bond donors (Lipinski definition) is 1. The Bertz CT molecular complexity index is 308. The van der Waals surface area contributed by atoms with Gasteiger partial charge in [0.1, 0.15) is 0 Å². The van der Waals surface area contributed by atoms with E-state index in [1.54, 1.807) is 13.0 Å². The number of aliphatic hydroxyl groups is 1. The van der Waals surface area contributed by atoms with Crippen LogP contribution in [0.2, 0.25) is 0 Å². The first-order valence-electron chi connectivity index (χ1n) is 4.56. The summed E-state index contributed by atoms with van der Waals surface area (Å²) in [5, 5.41) is 9.17. The SMILES string of the molecule is Cc1ccc(C(F)F)cc1CC(C)O. The molecule has 0 saturated heterocycles. The predicted octanol–water partition coefficient (Wildman–Crippen LogP) is 2.86. The number of aliphatic hydroxyl groups excluding tert-OH is 1. The molecule has 0 radical (unpaired) electrons. The zero-order valence-corrected chi connectivity index (χ0v) is 8.30. The van der Waals surface area contributed by atoms with Crippen molar-refractivity contribution in [1.82, 2.24) is 0 Å². The van der Waals surface area contributed by atoms with E-state index in [-0.39, 0.29) is 5.56 Å². The summed E-state index contributed by atoms with van der Waals surface area (Å²) in [6, 6.07) is 4.55. The largest absolute Gasteiger partial charge is 0.393 e. The van der Waals surface area contributed by atoms with Gasteiger partial charge >= 0.3 is 0 Å². The average molecular weight is 200 g/mol. The van der Waals surface area contributed by atoms with Crippen molar-refractivity contribution < 1.29 is 13.9 Å². The molecule has 0 aliphatic rings. The summed E-state index contributed by atoms with van der Waals surface area (Å²) >= 11 is 0. The number of alkyl halides is 2. The van der Waals surface area contributed by atoms with Crippen LogP contribution in [0, 0.1) is 6.92 Å². The molecule has 0 aromatic heterocycles. The molecule has 0 fully saturated rings. The Labute approximate surface area is 82.4 Å². The average Bonchev–Trinajstić information content (AvgIpc) is 2.07. The Morgan fingerprint density at radius 3 is 2.50 bits per heavy atom. The number of aryl methyl sites for hydroxylation is 1. The standard InChI is InChI=1S/C11H14F2O/c1-7-3-4-9(11(12)13)6-10(7)5-8(2)14/h3-4,6,8,11,14H,5H2,1-2H3. The van der Waals surface area contributed by atoms with Crippen molar-refractivity contribution in [2.75, 3.05) is 0 Å². The van der Waals surface area contributed by atoms with Crippen molar-refractivity contribution in [3.63, 3.8) is 0 Å². The Kier molecular flexibility index (Phi) is 3.58. The smallest absolute Gasteiger partial charge is 0.263 e. The topological polar surface area (TPSA) is 20.2 Å². The van der Waals surface area contributed by atoms with Crippen molar-refractivity contribution >= 4 is 0 Å². The maximum Gasteiger partial charge on any atom is 0.263 e. The van der Waals surface area contributed by atoms with E-state index < -0.39 is 12.5 Å². The van der Waals surface area contributed by atoms with Crippen LogP contribution in [-0.2, 0) is 6.42 Å². The van der Waals surface area contributed by atoms with E-state index in [4.69, 9.17) is 0 Å². The molecule has 0 heterocycles. The van der Waals surface area contributed by atoms with E-state index in [0.29, 0.717) is 6.42 Å². The van der Waals surface area contributed by atoms with Crippen molar-refractivity contribution in [2.45, 2.75) is 32.8 Å². The van der Waals surface area contributed by atoms with Crippen molar-refractivity contribution in [3.8, 4) is 0 Å². The molecule has 1 unspecified atom stereocenters. The summed E-state index contributed by atoms with van der Waals surface area (Å²) in [6.07, 6.45) is -2.52. The van der Waals surface area contributed by atoms with E-state index in [2.05, 4.69) is 0 Å². The minimum atomic E-state index is -2.44. The second kappa shape index (κ2) is 4.51. The van der Waals surface area contributed by atoms with Gasteiger partial charge in [-0.25, -0.2) is 8.78 Å². The summed E-state index contributed by atoms with van der Waals surface area (Å²) in [4.78, 5) is 0.